The summed E-state index contributed by atoms with van der Waals surface area (Å²) in [6, 6.07) is 0.0252. The van der Waals surface area contributed by atoms with Crippen molar-refractivity contribution in [2.75, 3.05) is 12.4 Å². The molecule has 1 fully saturated rings. The standard InChI is InChI=1S/C53H77N3O12/c1-30-23-22-24-31(2)52(64)55-43-38(29-54-56-37-25-20-18-16-14-12-10-11-13-15-17-19-21-26-37)47(61)40-41(48(43)62)46(60)35(6)50-42(40)51(63)53(8,68-50)66-28-27-39(65-9)32(3)49(67-36(7)57)34(5)45(59)33(4)44(30)58/h22-24,27-30,32-34,37,39,44-45,49,56,58-62H,10-21,25-26H2,1-9H3,(H,55,64)/b23-22+,28-27+,31-24-,54-29-/t30-,32-,33-,34-,39+,44+,45+,49-,53+/m1/s1. The minimum atomic E-state index is -2.05. The van der Waals surface area contributed by atoms with Gasteiger partial charge in [-0.2, -0.15) is 5.10 Å². The number of carbonyl (C=O) groups excluding carboxylic acids is 3. The van der Waals surface area contributed by atoms with E-state index in [2.05, 4.69) is 15.8 Å². The number of ketones is 1. The Balaban J connectivity index is 1.63. The third-order valence-corrected chi connectivity index (χ3v) is 14.3. The van der Waals surface area contributed by atoms with E-state index in [1.807, 2.05) is 0 Å². The molecule has 0 unspecified atom stereocenters. The number of esters is 1. The first-order valence-electron chi connectivity index (χ1n) is 24.7. The number of carbonyl (C=O) groups is 3. The molecule has 3 aliphatic heterocycles. The monoisotopic (exact) mass is 948 g/mol. The molecule has 0 spiro atoms. The van der Waals surface area contributed by atoms with Crippen LogP contribution >= 0.6 is 0 Å². The summed E-state index contributed by atoms with van der Waals surface area (Å²) in [5.41, 5.74) is 2.98. The summed E-state index contributed by atoms with van der Waals surface area (Å²) >= 11 is 0. The molecule has 1 amide bonds. The van der Waals surface area contributed by atoms with Gasteiger partial charge in [-0.1, -0.05) is 123 Å². The molecule has 4 aliphatic rings. The van der Waals surface area contributed by atoms with Crippen LogP contribution in [-0.2, 0) is 23.8 Å². The normalized spacial score (nSPS) is 30.9. The highest BCUT2D eigenvalue weighted by atomic mass is 16.7. The van der Waals surface area contributed by atoms with Gasteiger partial charge in [0.25, 0.3) is 11.7 Å². The summed E-state index contributed by atoms with van der Waals surface area (Å²) in [5.74, 6) is -8.30. The van der Waals surface area contributed by atoms with Crippen LogP contribution in [0.3, 0.4) is 0 Å². The van der Waals surface area contributed by atoms with Crippen molar-refractivity contribution in [3.8, 4) is 23.0 Å². The topological polar surface area (TPSA) is 226 Å². The van der Waals surface area contributed by atoms with Gasteiger partial charge in [0.2, 0.25) is 0 Å². The number of phenols is 3. The Morgan fingerprint density at radius 3 is 1.99 bits per heavy atom. The second-order valence-electron chi connectivity index (χ2n) is 19.5. The Morgan fingerprint density at radius 2 is 1.41 bits per heavy atom. The highest BCUT2D eigenvalue weighted by molar-refractivity contribution is 6.23. The van der Waals surface area contributed by atoms with Crippen LogP contribution in [0.4, 0.5) is 5.69 Å². The number of hydrazone groups is 1. The maximum Gasteiger partial charge on any atom is 0.312 e. The van der Waals surface area contributed by atoms with E-state index in [9.17, 15) is 39.9 Å². The molecule has 0 radical (unpaired) electrons. The molecule has 0 saturated heterocycles. The molecule has 5 bridgehead atoms. The number of benzene rings is 2. The van der Waals surface area contributed by atoms with E-state index < -0.39 is 88.8 Å². The molecule has 7 N–H and O–H groups in total. The highest BCUT2D eigenvalue weighted by Crippen LogP contribution is 2.55. The number of rotatable bonds is 5. The van der Waals surface area contributed by atoms with Crippen LogP contribution in [-0.4, -0.2) is 92.8 Å². The molecule has 3 heterocycles. The van der Waals surface area contributed by atoms with Crippen LogP contribution in [0.5, 0.6) is 23.0 Å². The van der Waals surface area contributed by atoms with Crippen LogP contribution in [0.15, 0.2) is 41.2 Å². The van der Waals surface area contributed by atoms with E-state index in [0.29, 0.717) is 0 Å². The molecule has 2 aromatic carbocycles. The first kappa shape index (κ1) is 53.8. The lowest BCUT2D eigenvalue weighted by molar-refractivity contribution is -0.160. The first-order chi connectivity index (χ1) is 32.3. The van der Waals surface area contributed by atoms with Crippen molar-refractivity contribution < 1.29 is 58.9 Å². The fourth-order valence-corrected chi connectivity index (χ4v) is 9.90. The van der Waals surface area contributed by atoms with Gasteiger partial charge in [0.15, 0.2) is 5.75 Å². The number of fused-ring (bicyclic) bond motifs is 14. The van der Waals surface area contributed by atoms with E-state index in [1.54, 1.807) is 46.8 Å². The van der Waals surface area contributed by atoms with Crippen molar-refractivity contribution in [3.63, 3.8) is 0 Å². The second-order valence-corrected chi connectivity index (χ2v) is 19.5. The van der Waals surface area contributed by atoms with Crippen molar-refractivity contribution in [2.24, 2.45) is 28.8 Å². The number of anilines is 1. The Kier molecular flexibility index (Phi) is 19.3. The maximum absolute atomic E-state index is 14.6. The number of hydrogen-bond acceptors (Lipinski definition) is 14. The zero-order valence-corrected chi connectivity index (χ0v) is 41.6. The van der Waals surface area contributed by atoms with Gasteiger partial charge in [-0.05, 0) is 32.8 Å². The van der Waals surface area contributed by atoms with Gasteiger partial charge in [0.05, 0.1) is 53.0 Å². The third kappa shape index (κ3) is 12.6. The Bertz CT molecular complexity index is 2200. The zero-order valence-electron chi connectivity index (χ0n) is 41.6. The van der Waals surface area contributed by atoms with Gasteiger partial charge in [0.1, 0.15) is 23.4 Å². The van der Waals surface area contributed by atoms with Gasteiger partial charge in [-0.3, -0.25) is 14.4 Å². The lowest BCUT2D eigenvalue weighted by Gasteiger charge is -2.38. The SMILES string of the molecule is CO[C@H]1/C=C/O[C@@]2(C)Oc3c(C)c(O)c4c(O)c(c(/C=N\NC5CCCCCCCCCCCCCC5)c(O)c4c3C2=O)NC(=O)/C(C)=C\C=C\[C@@H](C)[C@H](O)[C@@H](C)[C@H](O)[C@@H](C)[C@H](OC(C)=O)[C@@H]1C. The summed E-state index contributed by atoms with van der Waals surface area (Å²) in [6.07, 6.45) is 21.0. The van der Waals surface area contributed by atoms with Crippen LogP contribution in [0, 0.1) is 30.6 Å². The third-order valence-electron chi connectivity index (χ3n) is 14.3. The number of aliphatic hydroxyl groups excluding tert-OH is 2. The van der Waals surface area contributed by atoms with Gasteiger partial charge in [-0.15, -0.1) is 0 Å². The summed E-state index contributed by atoms with van der Waals surface area (Å²) in [6.45, 7) is 12.6. The summed E-state index contributed by atoms with van der Waals surface area (Å²) in [7, 11) is 1.45. The molecule has 6 rings (SSSR count). The van der Waals surface area contributed by atoms with Crippen LogP contribution in [0.1, 0.15) is 160 Å². The van der Waals surface area contributed by atoms with Gasteiger partial charge in [0, 0.05) is 67.2 Å². The Morgan fingerprint density at radius 1 is 0.824 bits per heavy atom. The molecule has 376 valence electrons. The van der Waals surface area contributed by atoms with Crippen molar-refractivity contribution in [2.45, 2.75) is 182 Å². The van der Waals surface area contributed by atoms with Crippen LogP contribution in [0.2, 0.25) is 0 Å². The van der Waals surface area contributed by atoms with Crippen LogP contribution < -0.4 is 15.5 Å². The number of methoxy groups -OCH3 is 1. The van der Waals surface area contributed by atoms with E-state index >= 15 is 0 Å². The molecule has 1 saturated carbocycles. The highest BCUT2D eigenvalue weighted by Gasteiger charge is 2.50. The van der Waals surface area contributed by atoms with Gasteiger partial charge < -0.3 is 55.2 Å². The first-order valence-corrected chi connectivity index (χ1v) is 24.7. The summed E-state index contributed by atoms with van der Waals surface area (Å²) < 4.78 is 23.8. The predicted molar refractivity (Wildman–Crippen MR) is 263 cm³/mol. The average Bonchev–Trinajstić information content (AvgIpc) is 3.56. The van der Waals surface area contributed by atoms with Crippen molar-refractivity contribution >= 4 is 40.3 Å². The quantitative estimate of drug-likeness (QED) is 0.0488. The summed E-state index contributed by atoms with van der Waals surface area (Å²) in [5, 5.41) is 66.0. The number of hydrogen-bond donors (Lipinski definition) is 7. The van der Waals surface area contributed by atoms with E-state index in [-0.39, 0.29) is 50.5 Å². The van der Waals surface area contributed by atoms with Crippen LogP contribution in [0.25, 0.3) is 10.8 Å². The van der Waals surface area contributed by atoms with Crippen molar-refractivity contribution in [1.29, 1.82) is 0 Å². The molecule has 15 nitrogen and oxygen atoms in total. The second kappa shape index (κ2) is 24.4. The number of ether oxygens (including phenoxy) is 4. The number of phenolic OH excluding ortho intramolecular Hbond substituents is 3. The summed E-state index contributed by atoms with van der Waals surface area (Å²) in [4.78, 5) is 41.0. The number of nitrogens with one attached hydrogen (secondary N) is 2. The number of Topliss-reactive ketones (excluding diaryl/α,β-unsaturated/α-hetero) is 1. The lowest BCUT2D eigenvalue weighted by atomic mass is 9.78. The van der Waals surface area contributed by atoms with Crippen molar-refractivity contribution in [1.82, 2.24) is 5.43 Å². The largest absolute Gasteiger partial charge is 0.507 e. The zero-order chi connectivity index (χ0) is 49.9. The minimum Gasteiger partial charge on any atom is -0.507 e. The maximum atomic E-state index is 14.6. The number of nitrogens with zero attached hydrogens (tertiary/aromatic N) is 1. The fourth-order valence-electron chi connectivity index (χ4n) is 9.90. The molecule has 15 heteroatoms. The molecule has 2 aromatic rings. The molecule has 1 aliphatic carbocycles. The molecular weight excluding hydrogens is 871 g/mol. The minimum absolute atomic E-state index is 0.0252. The van der Waals surface area contributed by atoms with Gasteiger partial charge in [-0.25, -0.2) is 0 Å². The molecule has 9 atom stereocenters. The van der Waals surface area contributed by atoms with Crippen molar-refractivity contribution in [3.05, 3.63) is 52.8 Å². The lowest BCUT2D eigenvalue weighted by Crippen LogP contribution is -2.46. The smallest absolute Gasteiger partial charge is 0.312 e. The molecular formula is C53H77N3O12. The average molecular weight is 948 g/mol. The number of aromatic hydroxyl groups is 3. The van der Waals surface area contributed by atoms with E-state index in [0.717, 1.165) is 38.5 Å². The van der Waals surface area contributed by atoms with E-state index in [1.165, 1.54) is 104 Å². The number of allylic oxidation sites excluding steroid dienone is 2. The van der Waals surface area contributed by atoms with Gasteiger partial charge >= 0.3 is 11.8 Å². The molecule has 0 aromatic heterocycles. The predicted octanol–water partition coefficient (Wildman–Crippen LogP) is 9.52. The number of aliphatic hydroxyl groups is 2. The fraction of sp³-hybridized carbons (Fsp3) is 0.623. The van der Waals surface area contributed by atoms with E-state index in [4.69, 9.17) is 18.9 Å². The Hall–Kier alpha value is -5.12. The number of amides is 1. The molecule has 68 heavy (non-hydrogen) atoms. The Labute approximate surface area is 402 Å².